The molecule has 9 heteroatoms. The van der Waals surface area contributed by atoms with Crippen molar-refractivity contribution in [2.24, 2.45) is 7.05 Å². The number of aromatic nitrogens is 6. The monoisotopic (exact) mass is 450 g/mol. The zero-order chi connectivity index (χ0) is 23.7. The van der Waals surface area contributed by atoms with Crippen molar-refractivity contribution in [1.29, 1.82) is 0 Å². The van der Waals surface area contributed by atoms with Gasteiger partial charge in [-0.3, -0.25) is 9.48 Å². The van der Waals surface area contributed by atoms with Crippen LogP contribution in [0.5, 0.6) is 0 Å². The first-order valence-corrected chi connectivity index (χ1v) is 10.7. The van der Waals surface area contributed by atoms with Gasteiger partial charge in [-0.2, -0.15) is 5.10 Å². The fourth-order valence-corrected chi connectivity index (χ4v) is 3.61. The zero-order valence-corrected chi connectivity index (χ0v) is 18.9. The SMILES string of the molecule is Cc1cccc(NC(=O)c2ccc(C)c(Nc3nc(-c4cncnc4)nc4c3cnn4C)c2)c1. The number of carbonyl (C=O) groups excluding carboxylic acids is 1. The molecule has 0 aliphatic rings. The van der Waals surface area contributed by atoms with E-state index in [1.807, 2.05) is 57.3 Å². The van der Waals surface area contributed by atoms with E-state index in [1.54, 1.807) is 29.3 Å². The molecule has 0 fully saturated rings. The summed E-state index contributed by atoms with van der Waals surface area (Å²) in [5.41, 5.74) is 5.45. The largest absolute Gasteiger partial charge is 0.339 e. The summed E-state index contributed by atoms with van der Waals surface area (Å²) in [6.07, 6.45) is 6.50. The Labute approximate surface area is 195 Å². The first-order chi connectivity index (χ1) is 16.5. The fourth-order valence-electron chi connectivity index (χ4n) is 3.61. The molecule has 0 bridgehead atoms. The third-order valence-corrected chi connectivity index (χ3v) is 5.44. The molecule has 34 heavy (non-hydrogen) atoms. The Bertz CT molecular complexity index is 1510. The first kappa shape index (κ1) is 21.2. The van der Waals surface area contributed by atoms with Crippen LogP contribution in [0.3, 0.4) is 0 Å². The van der Waals surface area contributed by atoms with Gasteiger partial charge in [0, 0.05) is 36.4 Å². The van der Waals surface area contributed by atoms with Crippen LogP contribution in [0.2, 0.25) is 0 Å². The van der Waals surface area contributed by atoms with E-state index in [4.69, 9.17) is 4.98 Å². The molecule has 5 aromatic rings. The number of anilines is 3. The van der Waals surface area contributed by atoms with Crippen LogP contribution >= 0.6 is 0 Å². The van der Waals surface area contributed by atoms with Gasteiger partial charge < -0.3 is 10.6 Å². The van der Waals surface area contributed by atoms with E-state index >= 15 is 0 Å². The minimum atomic E-state index is -0.190. The van der Waals surface area contributed by atoms with Crippen molar-refractivity contribution in [2.75, 3.05) is 10.6 Å². The molecule has 0 aliphatic carbocycles. The second kappa shape index (κ2) is 8.70. The molecule has 5 rings (SSSR count). The number of carbonyl (C=O) groups is 1. The van der Waals surface area contributed by atoms with E-state index in [2.05, 4.69) is 30.7 Å². The van der Waals surface area contributed by atoms with Gasteiger partial charge in [0.15, 0.2) is 11.5 Å². The smallest absolute Gasteiger partial charge is 0.255 e. The van der Waals surface area contributed by atoms with Gasteiger partial charge in [0.25, 0.3) is 5.91 Å². The summed E-state index contributed by atoms with van der Waals surface area (Å²) in [5.74, 6) is 0.867. The van der Waals surface area contributed by atoms with Crippen molar-refractivity contribution in [3.8, 4) is 11.4 Å². The van der Waals surface area contributed by atoms with Crippen LogP contribution in [0.25, 0.3) is 22.4 Å². The molecule has 3 heterocycles. The fraction of sp³-hybridized carbons (Fsp3) is 0.120. The lowest BCUT2D eigenvalue weighted by atomic mass is 10.1. The molecule has 2 N–H and O–H groups in total. The van der Waals surface area contributed by atoms with Crippen molar-refractivity contribution < 1.29 is 4.79 Å². The number of rotatable bonds is 5. The van der Waals surface area contributed by atoms with Gasteiger partial charge in [-0.25, -0.2) is 19.9 Å². The minimum absolute atomic E-state index is 0.190. The standard InChI is InChI=1S/C25H22N8O/c1-15-5-4-6-19(9-15)29-25(34)17-8-7-16(2)21(10-17)30-23-20-13-28-33(3)24(20)32-22(31-23)18-11-26-14-27-12-18/h4-14H,1-3H3,(H,29,34)(H,30,31,32). The Kier molecular flexibility index (Phi) is 5.43. The van der Waals surface area contributed by atoms with E-state index in [0.29, 0.717) is 28.4 Å². The Hall–Kier alpha value is -4.66. The summed E-state index contributed by atoms with van der Waals surface area (Å²) < 4.78 is 1.69. The number of aryl methyl sites for hydroxylation is 3. The molecule has 0 spiro atoms. The second-order valence-electron chi connectivity index (χ2n) is 8.01. The van der Waals surface area contributed by atoms with Gasteiger partial charge in [-0.15, -0.1) is 0 Å². The molecular formula is C25H22N8O. The Morgan fingerprint density at radius 1 is 0.971 bits per heavy atom. The highest BCUT2D eigenvalue weighted by Gasteiger charge is 2.15. The first-order valence-electron chi connectivity index (χ1n) is 10.7. The van der Waals surface area contributed by atoms with Crippen LogP contribution in [-0.4, -0.2) is 35.6 Å². The predicted molar refractivity (Wildman–Crippen MR) is 131 cm³/mol. The highest BCUT2D eigenvalue weighted by molar-refractivity contribution is 6.05. The van der Waals surface area contributed by atoms with Crippen LogP contribution in [0.1, 0.15) is 21.5 Å². The topological polar surface area (TPSA) is 111 Å². The number of hydrogen-bond donors (Lipinski definition) is 2. The highest BCUT2D eigenvalue weighted by atomic mass is 16.1. The predicted octanol–water partition coefficient (Wildman–Crippen LogP) is 4.43. The van der Waals surface area contributed by atoms with Crippen LogP contribution in [0.4, 0.5) is 17.2 Å². The van der Waals surface area contributed by atoms with Gasteiger partial charge >= 0.3 is 0 Å². The third-order valence-electron chi connectivity index (χ3n) is 5.44. The van der Waals surface area contributed by atoms with Gasteiger partial charge in [-0.05, 0) is 49.2 Å². The quantitative estimate of drug-likeness (QED) is 0.407. The molecular weight excluding hydrogens is 428 g/mol. The van der Waals surface area contributed by atoms with Crippen LogP contribution in [-0.2, 0) is 7.05 Å². The lowest BCUT2D eigenvalue weighted by Crippen LogP contribution is -2.12. The van der Waals surface area contributed by atoms with Crippen LogP contribution in [0, 0.1) is 13.8 Å². The molecule has 0 unspecified atom stereocenters. The van der Waals surface area contributed by atoms with Crippen molar-refractivity contribution in [3.05, 3.63) is 84.1 Å². The summed E-state index contributed by atoms with van der Waals surface area (Å²) >= 11 is 0. The average molecular weight is 451 g/mol. The van der Waals surface area contributed by atoms with Gasteiger partial charge in [0.1, 0.15) is 12.1 Å². The summed E-state index contributed by atoms with van der Waals surface area (Å²) in [5, 5.41) is 11.4. The van der Waals surface area contributed by atoms with E-state index in [9.17, 15) is 4.79 Å². The van der Waals surface area contributed by atoms with E-state index in [-0.39, 0.29) is 5.91 Å². The molecule has 2 aromatic carbocycles. The highest BCUT2D eigenvalue weighted by Crippen LogP contribution is 2.28. The minimum Gasteiger partial charge on any atom is -0.339 e. The normalized spacial score (nSPS) is 10.9. The van der Waals surface area contributed by atoms with E-state index in [1.165, 1.54) is 6.33 Å². The molecule has 3 aromatic heterocycles. The lowest BCUT2D eigenvalue weighted by Gasteiger charge is -2.13. The third kappa shape index (κ3) is 4.18. The Balaban J connectivity index is 1.51. The van der Waals surface area contributed by atoms with Gasteiger partial charge in [0.2, 0.25) is 0 Å². The summed E-state index contributed by atoms with van der Waals surface area (Å²) in [4.78, 5) is 30.4. The number of fused-ring (bicyclic) bond motifs is 1. The maximum absolute atomic E-state index is 12.9. The molecule has 168 valence electrons. The van der Waals surface area contributed by atoms with Crippen molar-refractivity contribution in [1.82, 2.24) is 29.7 Å². The molecule has 9 nitrogen and oxygen atoms in total. The number of benzene rings is 2. The van der Waals surface area contributed by atoms with Crippen LogP contribution in [0.15, 0.2) is 67.4 Å². The lowest BCUT2D eigenvalue weighted by molar-refractivity contribution is 0.102. The van der Waals surface area contributed by atoms with Gasteiger partial charge in [0.05, 0.1) is 17.1 Å². The van der Waals surface area contributed by atoms with Crippen LogP contribution < -0.4 is 10.6 Å². The molecule has 0 radical (unpaired) electrons. The Morgan fingerprint density at radius 2 is 1.79 bits per heavy atom. The molecule has 0 atom stereocenters. The zero-order valence-electron chi connectivity index (χ0n) is 18.9. The Morgan fingerprint density at radius 3 is 2.59 bits per heavy atom. The van der Waals surface area contributed by atoms with Crippen molar-refractivity contribution >= 4 is 34.1 Å². The average Bonchev–Trinajstić information content (AvgIpc) is 3.22. The van der Waals surface area contributed by atoms with E-state index < -0.39 is 0 Å². The number of amides is 1. The summed E-state index contributed by atoms with van der Waals surface area (Å²) in [7, 11) is 1.83. The maximum atomic E-state index is 12.9. The molecule has 1 amide bonds. The summed E-state index contributed by atoms with van der Waals surface area (Å²) in [6, 6.07) is 13.2. The second-order valence-corrected chi connectivity index (χ2v) is 8.01. The number of nitrogens with one attached hydrogen (secondary N) is 2. The molecule has 0 saturated heterocycles. The number of nitrogens with zero attached hydrogens (tertiary/aromatic N) is 6. The number of hydrogen-bond acceptors (Lipinski definition) is 7. The van der Waals surface area contributed by atoms with Crippen molar-refractivity contribution in [3.63, 3.8) is 0 Å². The maximum Gasteiger partial charge on any atom is 0.255 e. The van der Waals surface area contributed by atoms with E-state index in [0.717, 1.165) is 27.9 Å². The molecule has 0 saturated carbocycles. The molecule has 0 aliphatic heterocycles. The van der Waals surface area contributed by atoms with Crippen molar-refractivity contribution in [2.45, 2.75) is 13.8 Å². The summed E-state index contributed by atoms with van der Waals surface area (Å²) in [6.45, 7) is 3.96. The van der Waals surface area contributed by atoms with Gasteiger partial charge in [-0.1, -0.05) is 18.2 Å².